The quantitative estimate of drug-likeness (QED) is 0.805. The Kier molecular flexibility index (Phi) is 6.16. The highest BCUT2D eigenvalue weighted by Gasteiger charge is 2.18. The summed E-state index contributed by atoms with van der Waals surface area (Å²) in [6.07, 6.45) is 1.13. The molecule has 0 heterocycles. The van der Waals surface area contributed by atoms with Crippen molar-refractivity contribution in [1.29, 1.82) is 0 Å². The van der Waals surface area contributed by atoms with Crippen LogP contribution in [0, 0.1) is 0 Å². The van der Waals surface area contributed by atoms with Crippen LogP contribution >= 0.6 is 0 Å². The molecule has 0 aliphatic rings. The smallest absolute Gasteiger partial charge is 0.123 e. The Morgan fingerprint density at radius 2 is 2.00 bits per heavy atom. The lowest BCUT2D eigenvalue weighted by Gasteiger charge is -2.31. The molecule has 1 N–H and O–H groups in total. The van der Waals surface area contributed by atoms with Gasteiger partial charge in [-0.3, -0.25) is 4.90 Å². The highest BCUT2D eigenvalue weighted by atomic mass is 16.5. The summed E-state index contributed by atoms with van der Waals surface area (Å²) in [5.41, 5.74) is 1.24. The maximum absolute atomic E-state index is 5.40. The van der Waals surface area contributed by atoms with Gasteiger partial charge in [-0.25, -0.2) is 0 Å². The molecule has 0 saturated heterocycles. The molecule has 2 unspecified atom stereocenters. The maximum Gasteiger partial charge on any atom is 0.123 e. The standard InChI is InChI=1S/C15H26N2O/c1-6-14(16-3)12(2)17(4)11-13-9-7-8-10-15(13)18-5/h7-10,12,14,16H,6,11H2,1-5H3. The highest BCUT2D eigenvalue weighted by molar-refractivity contribution is 5.33. The fraction of sp³-hybridized carbons (Fsp3) is 0.600. The molecule has 1 rings (SSSR count). The Morgan fingerprint density at radius 3 is 2.56 bits per heavy atom. The van der Waals surface area contributed by atoms with Crippen LogP contribution in [-0.2, 0) is 6.54 Å². The minimum absolute atomic E-state index is 0.491. The van der Waals surface area contributed by atoms with E-state index < -0.39 is 0 Å². The number of hydrogen-bond donors (Lipinski definition) is 1. The van der Waals surface area contributed by atoms with Gasteiger partial charge < -0.3 is 10.1 Å². The van der Waals surface area contributed by atoms with Crippen molar-refractivity contribution in [1.82, 2.24) is 10.2 Å². The summed E-state index contributed by atoms with van der Waals surface area (Å²) in [5, 5.41) is 3.37. The van der Waals surface area contributed by atoms with Gasteiger partial charge in [0.25, 0.3) is 0 Å². The van der Waals surface area contributed by atoms with Crippen LogP contribution in [0.3, 0.4) is 0 Å². The summed E-state index contributed by atoms with van der Waals surface area (Å²) in [7, 11) is 5.92. The summed E-state index contributed by atoms with van der Waals surface area (Å²) < 4.78 is 5.40. The lowest BCUT2D eigenvalue weighted by molar-refractivity contribution is 0.198. The molecule has 1 aromatic carbocycles. The topological polar surface area (TPSA) is 24.5 Å². The number of hydrogen-bond acceptors (Lipinski definition) is 3. The van der Waals surface area contributed by atoms with Crippen LogP contribution in [0.2, 0.25) is 0 Å². The van der Waals surface area contributed by atoms with Crippen molar-refractivity contribution in [2.24, 2.45) is 0 Å². The lowest BCUT2D eigenvalue weighted by atomic mass is 10.1. The Hall–Kier alpha value is -1.06. The Morgan fingerprint density at radius 1 is 1.33 bits per heavy atom. The predicted octanol–water partition coefficient (Wildman–Crippen LogP) is 2.51. The molecule has 102 valence electrons. The van der Waals surface area contributed by atoms with Crippen molar-refractivity contribution in [3.63, 3.8) is 0 Å². The van der Waals surface area contributed by atoms with E-state index in [0.29, 0.717) is 12.1 Å². The van der Waals surface area contributed by atoms with Crippen molar-refractivity contribution >= 4 is 0 Å². The van der Waals surface area contributed by atoms with Gasteiger partial charge in [0.2, 0.25) is 0 Å². The summed E-state index contributed by atoms with van der Waals surface area (Å²) in [4.78, 5) is 2.36. The second kappa shape index (κ2) is 7.39. The second-order valence-electron chi connectivity index (χ2n) is 4.77. The molecule has 0 amide bonds. The van der Waals surface area contributed by atoms with Gasteiger partial charge in [0.15, 0.2) is 0 Å². The number of nitrogens with one attached hydrogen (secondary N) is 1. The summed E-state index contributed by atoms with van der Waals surface area (Å²) >= 11 is 0. The zero-order valence-corrected chi connectivity index (χ0v) is 12.2. The number of nitrogens with zero attached hydrogens (tertiary/aromatic N) is 1. The number of ether oxygens (including phenoxy) is 1. The van der Waals surface area contributed by atoms with Crippen LogP contribution in [0.4, 0.5) is 0 Å². The van der Waals surface area contributed by atoms with Crippen molar-refractivity contribution in [2.75, 3.05) is 21.2 Å². The molecule has 0 aliphatic carbocycles. The van der Waals surface area contributed by atoms with Gasteiger partial charge in [0.05, 0.1) is 7.11 Å². The van der Waals surface area contributed by atoms with Crippen molar-refractivity contribution in [2.45, 2.75) is 38.9 Å². The number of benzene rings is 1. The van der Waals surface area contributed by atoms with Gasteiger partial charge in [-0.1, -0.05) is 25.1 Å². The van der Waals surface area contributed by atoms with Crippen LogP contribution in [0.15, 0.2) is 24.3 Å². The Bertz CT molecular complexity index is 350. The van der Waals surface area contributed by atoms with Gasteiger partial charge in [-0.05, 0) is 33.5 Å². The van der Waals surface area contributed by atoms with E-state index in [4.69, 9.17) is 4.74 Å². The van der Waals surface area contributed by atoms with Crippen LogP contribution in [-0.4, -0.2) is 38.2 Å². The number of methoxy groups -OCH3 is 1. The third kappa shape index (κ3) is 3.72. The predicted molar refractivity (Wildman–Crippen MR) is 77.1 cm³/mol. The fourth-order valence-electron chi connectivity index (χ4n) is 2.34. The van der Waals surface area contributed by atoms with E-state index in [0.717, 1.165) is 18.7 Å². The van der Waals surface area contributed by atoms with Gasteiger partial charge in [-0.15, -0.1) is 0 Å². The number of rotatable bonds is 7. The average molecular weight is 250 g/mol. The number of para-hydroxylation sites is 1. The molecule has 3 heteroatoms. The largest absolute Gasteiger partial charge is 0.496 e. The first-order valence-corrected chi connectivity index (χ1v) is 6.63. The van der Waals surface area contributed by atoms with Crippen molar-refractivity contribution in [3.8, 4) is 5.75 Å². The zero-order valence-electron chi connectivity index (χ0n) is 12.2. The second-order valence-corrected chi connectivity index (χ2v) is 4.77. The molecule has 0 radical (unpaired) electrons. The van der Waals surface area contributed by atoms with Gasteiger partial charge in [0.1, 0.15) is 5.75 Å². The third-order valence-electron chi connectivity index (χ3n) is 3.70. The van der Waals surface area contributed by atoms with Crippen molar-refractivity contribution < 1.29 is 4.74 Å². The first-order valence-electron chi connectivity index (χ1n) is 6.63. The summed E-state index contributed by atoms with van der Waals surface area (Å²) in [5.74, 6) is 0.967. The minimum atomic E-state index is 0.491. The van der Waals surface area contributed by atoms with Crippen molar-refractivity contribution in [3.05, 3.63) is 29.8 Å². The highest BCUT2D eigenvalue weighted by Crippen LogP contribution is 2.20. The van der Waals surface area contributed by atoms with Gasteiger partial charge >= 0.3 is 0 Å². The first kappa shape index (κ1) is 15.0. The molecule has 18 heavy (non-hydrogen) atoms. The van der Waals surface area contributed by atoms with E-state index in [1.54, 1.807) is 7.11 Å². The van der Waals surface area contributed by atoms with Crippen LogP contribution in [0.5, 0.6) is 5.75 Å². The molecular formula is C15H26N2O. The monoisotopic (exact) mass is 250 g/mol. The Labute approximate surface area is 111 Å². The van der Waals surface area contributed by atoms with E-state index in [1.807, 2.05) is 19.2 Å². The minimum Gasteiger partial charge on any atom is -0.496 e. The normalized spacial score (nSPS) is 14.6. The van der Waals surface area contributed by atoms with Crippen LogP contribution < -0.4 is 10.1 Å². The molecule has 0 aliphatic heterocycles. The molecule has 0 bridgehead atoms. The van der Waals surface area contributed by atoms with E-state index in [9.17, 15) is 0 Å². The lowest BCUT2D eigenvalue weighted by Crippen LogP contribution is -2.45. The first-order chi connectivity index (χ1) is 8.63. The molecule has 0 aromatic heterocycles. The van der Waals surface area contributed by atoms with Gasteiger partial charge in [-0.2, -0.15) is 0 Å². The van der Waals surface area contributed by atoms with Crippen LogP contribution in [0.1, 0.15) is 25.8 Å². The van der Waals surface area contributed by atoms with E-state index in [2.05, 4.69) is 43.2 Å². The SMILES string of the molecule is CCC(NC)C(C)N(C)Cc1ccccc1OC. The maximum atomic E-state index is 5.40. The van der Waals surface area contributed by atoms with E-state index in [-0.39, 0.29) is 0 Å². The molecule has 2 atom stereocenters. The molecular weight excluding hydrogens is 224 g/mol. The summed E-state index contributed by atoms with van der Waals surface area (Å²) in [6.45, 7) is 5.39. The fourth-order valence-corrected chi connectivity index (χ4v) is 2.34. The molecule has 0 fully saturated rings. The summed E-state index contributed by atoms with van der Waals surface area (Å²) in [6, 6.07) is 9.22. The van der Waals surface area contributed by atoms with E-state index >= 15 is 0 Å². The third-order valence-corrected chi connectivity index (χ3v) is 3.70. The zero-order chi connectivity index (χ0) is 13.5. The number of likely N-dealkylation sites (N-methyl/N-ethyl adjacent to an activating group) is 2. The van der Waals surface area contributed by atoms with E-state index in [1.165, 1.54) is 5.56 Å². The van der Waals surface area contributed by atoms with Gasteiger partial charge in [0, 0.05) is 24.2 Å². The molecule has 0 saturated carbocycles. The average Bonchev–Trinajstić information content (AvgIpc) is 2.40. The Balaban J connectivity index is 2.71. The van der Waals surface area contributed by atoms with Crippen LogP contribution in [0.25, 0.3) is 0 Å². The molecule has 0 spiro atoms. The molecule has 3 nitrogen and oxygen atoms in total. The molecule has 1 aromatic rings.